The normalized spacial score (nSPS) is 23.2. The van der Waals surface area contributed by atoms with Gasteiger partial charge in [0, 0.05) is 12.1 Å². The summed E-state index contributed by atoms with van der Waals surface area (Å²) < 4.78 is 0. The highest BCUT2D eigenvalue weighted by Crippen LogP contribution is 2.38. The molecule has 0 saturated heterocycles. The lowest BCUT2D eigenvalue weighted by Crippen LogP contribution is -2.39. The van der Waals surface area contributed by atoms with E-state index in [4.69, 9.17) is 0 Å². The molecule has 0 aliphatic heterocycles. The molecule has 1 aliphatic carbocycles. The van der Waals surface area contributed by atoms with E-state index in [0.29, 0.717) is 17.5 Å². The lowest BCUT2D eigenvalue weighted by atomic mass is 9.86. The van der Waals surface area contributed by atoms with Crippen molar-refractivity contribution in [3.05, 3.63) is 35.4 Å². The Balaban J connectivity index is 1.97. The van der Waals surface area contributed by atoms with E-state index in [0.717, 1.165) is 5.92 Å². The topological polar surface area (TPSA) is 12.0 Å². The predicted molar refractivity (Wildman–Crippen MR) is 88.0 cm³/mol. The van der Waals surface area contributed by atoms with Crippen LogP contribution in [0.15, 0.2) is 24.3 Å². The van der Waals surface area contributed by atoms with E-state index in [-0.39, 0.29) is 0 Å². The van der Waals surface area contributed by atoms with Gasteiger partial charge in [-0.05, 0) is 48.6 Å². The van der Waals surface area contributed by atoms with Crippen molar-refractivity contribution in [1.82, 2.24) is 5.32 Å². The second-order valence-electron chi connectivity index (χ2n) is 7.66. The van der Waals surface area contributed by atoms with Crippen LogP contribution in [0.5, 0.6) is 0 Å². The summed E-state index contributed by atoms with van der Waals surface area (Å²) in [6.07, 6.45) is 5.22. The largest absolute Gasteiger partial charge is 0.307 e. The van der Waals surface area contributed by atoms with Gasteiger partial charge >= 0.3 is 0 Å². The zero-order valence-electron chi connectivity index (χ0n) is 13.9. The Kier molecular flexibility index (Phi) is 4.90. The van der Waals surface area contributed by atoms with E-state index in [1.165, 1.54) is 36.8 Å². The molecule has 2 rings (SSSR count). The summed E-state index contributed by atoms with van der Waals surface area (Å²) in [5.74, 6) is 0.732. The molecule has 20 heavy (non-hydrogen) atoms. The lowest BCUT2D eigenvalue weighted by molar-refractivity contribution is 0.266. The van der Waals surface area contributed by atoms with Crippen molar-refractivity contribution in [3.63, 3.8) is 0 Å². The average molecular weight is 273 g/mol. The molecule has 112 valence electrons. The third-order valence-corrected chi connectivity index (χ3v) is 4.83. The standard InChI is InChI=1S/C19H31N/c1-14(2)13-16-8-10-17(11-9-16)15(3)20-18-7-6-12-19(18,4)5/h8-11,14-15,18,20H,6-7,12-13H2,1-5H3. The summed E-state index contributed by atoms with van der Waals surface area (Å²) in [5.41, 5.74) is 3.32. The van der Waals surface area contributed by atoms with Gasteiger partial charge in [0.2, 0.25) is 0 Å². The minimum atomic E-state index is 0.450. The molecule has 1 aliphatic rings. The summed E-state index contributed by atoms with van der Waals surface area (Å²) in [7, 11) is 0. The van der Waals surface area contributed by atoms with Gasteiger partial charge < -0.3 is 5.32 Å². The Hall–Kier alpha value is -0.820. The van der Waals surface area contributed by atoms with E-state index in [1.807, 2.05) is 0 Å². The van der Waals surface area contributed by atoms with Gasteiger partial charge in [-0.15, -0.1) is 0 Å². The zero-order chi connectivity index (χ0) is 14.8. The summed E-state index contributed by atoms with van der Waals surface area (Å²) in [6.45, 7) is 11.7. The molecule has 1 nitrogen and oxygen atoms in total. The average Bonchev–Trinajstić information content (AvgIpc) is 2.69. The Morgan fingerprint density at radius 2 is 1.80 bits per heavy atom. The Morgan fingerprint density at radius 1 is 1.15 bits per heavy atom. The first-order valence-corrected chi connectivity index (χ1v) is 8.23. The molecular formula is C19H31N. The number of benzene rings is 1. The molecule has 0 aromatic heterocycles. The van der Waals surface area contributed by atoms with Crippen LogP contribution in [-0.2, 0) is 6.42 Å². The fraction of sp³-hybridized carbons (Fsp3) is 0.684. The zero-order valence-corrected chi connectivity index (χ0v) is 13.9. The van der Waals surface area contributed by atoms with E-state index < -0.39 is 0 Å². The summed E-state index contributed by atoms with van der Waals surface area (Å²) in [6, 6.07) is 10.3. The van der Waals surface area contributed by atoms with Gasteiger partial charge in [-0.25, -0.2) is 0 Å². The van der Waals surface area contributed by atoms with Gasteiger partial charge in [-0.1, -0.05) is 58.4 Å². The lowest BCUT2D eigenvalue weighted by Gasteiger charge is -2.31. The molecule has 1 fully saturated rings. The third kappa shape index (κ3) is 3.85. The van der Waals surface area contributed by atoms with E-state index >= 15 is 0 Å². The molecule has 1 aromatic rings. The minimum Gasteiger partial charge on any atom is -0.307 e. The number of nitrogens with one attached hydrogen (secondary N) is 1. The molecule has 0 radical (unpaired) electrons. The fourth-order valence-corrected chi connectivity index (χ4v) is 3.45. The highest BCUT2D eigenvalue weighted by molar-refractivity contribution is 5.25. The van der Waals surface area contributed by atoms with Crippen LogP contribution in [-0.4, -0.2) is 6.04 Å². The summed E-state index contributed by atoms with van der Waals surface area (Å²) in [4.78, 5) is 0. The van der Waals surface area contributed by atoms with Gasteiger partial charge in [0.1, 0.15) is 0 Å². The highest BCUT2D eigenvalue weighted by Gasteiger charge is 2.34. The van der Waals surface area contributed by atoms with E-state index in [2.05, 4.69) is 64.2 Å². The van der Waals surface area contributed by atoms with Crippen LogP contribution in [0.3, 0.4) is 0 Å². The fourth-order valence-electron chi connectivity index (χ4n) is 3.45. The quantitative estimate of drug-likeness (QED) is 0.785. The van der Waals surface area contributed by atoms with Crippen LogP contribution in [0.2, 0.25) is 0 Å². The maximum atomic E-state index is 3.85. The first-order valence-electron chi connectivity index (χ1n) is 8.23. The predicted octanol–water partition coefficient (Wildman–Crippen LogP) is 5.11. The smallest absolute Gasteiger partial charge is 0.0294 e. The van der Waals surface area contributed by atoms with Crippen molar-refractivity contribution in [2.24, 2.45) is 11.3 Å². The molecule has 0 amide bonds. The van der Waals surface area contributed by atoms with Crippen LogP contribution in [0.4, 0.5) is 0 Å². The maximum absolute atomic E-state index is 3.85. The second kappa shape index (κ2) is 6.30. The van der Waals surface area contributed by atoms with Crippen molar-refractivity contribution in [1.29, 1.82) is 0 Å². The highest BCUT2D eigenvalue weighted by atomic mass is 15.0. The molecule has 1 heteroatoms. The first-order chi connectivity index (χ1) is 9.38. The van der Waals surface area contributed by atoms with Crippen LogP contribution < -0.4 is 5.32 Å². The van der Waals surface area contributed by atoms with Crippen LogP contribution in [0.25, 0.3) is 0 Å². The van der Waals surface area contributed by atoms with Gasteiger partial charge in [0.05, 0.1) is 0 Å². The Morgan fingerprint density at radius 3 is 2.30 bits per heavy atom. The van der Waals surface area contributed by atoms with E-state index in [9.17, 15) is 0 Å². The van der Waals surface area contributed by atoms with Gasteiger partial charge in [-0.2, -0.15) is 0 Å². The molecule has 1 aromatic carbocycles. The van der Waals surface area contributed by atoms with Crippen molar-refractivity contribution >= 4 is 0 Å². The third-order valence-electron chi connectivity index (χ3n) is 4.83. The summed E-state index contributed by atoms with van der Waals surface area (Å²) in [5, 5.41) is 3.85. The molecule has 0 bridgehead atoms. The minimum absolute atomic E-state index is 0.450. The monoisotopic (exact) mass is 273 g/mol. The van der Waals surface area contributed by atoms with Crippen molar-refractivity contribution in [3.8, 4) is 0 Å². The molecule has 2 unspecified atom stereocenters. The SMILES string of the molecule is CC(C)Cc1ccc(C(C)NC2CCCC2(C)C)cc1. The summed E-state index contributed by atoms with van der Waals surface area (Å²) >= 11 is 0. The number of hydrogen-bond acceptors (Lipinski definition) is 1. The van der Waals surface area contributed by atoms with Crippen LogP contribution >= 0.6 is 0 Å². The number of hydrogen-bond donors (Lipinski definition) is 1. The van der Waals surface area contributed by atoms with Gasteiger partial charge in [-0.3, -0.25) is 0 Å². The van der Waals surface area contributed by atoms with Crippen molar-refractivity contribution in [2.45, 2.75) is 72.4 Å². The first kappa shape index (κ1) is 15.6. The molecule has 1 N–H and O–H groups in total. The molecule has 0 spiro atoms. The van der Waals surface area contributed by atoms with Gasteiger partial charge in [0.15, 0.2) is 0 Å². The Labute approximate surface area is 125 Å². The van der Waals surface area contributed by atoms with Crippen molar-refractivity contribution < 1.29 is 0 Å². The van der Waals surface area contributed by atoms with E-state index in [1.54, 1.807) is 0 Å². The molecule has 2 atom stereocenters. The molecular weight excluding hydrogens is 242 g/mol. The van der Waals surface area contributed by atoms with Crippen LogP contribution in [0.1, 0.15) is 71.0 Å². The Bertz CT molecular complexity index is 416. The van der Waals surface area contributed by atoms with Crippen LogP contribution in [0, 0.1) is 11.3 Å². The van der Waals surface area contributed by atoms with Crippen molar-refractivity contribution in [2.75, 3.05) is 0 Å². The number of rotatable bonds is 5. The second-order valence-corrected chi connectivity index (χ2v) is 7.66. The molecule has 1 saturated carbocycles. The maximum Gasteiger partial charge on any atom is 0.0294 e. The molecule has 0 heterocycles. The van der Waals surface area contributed by atoms with Gasteiger partial charge in [0.25, 0.3) is 0 Å².